The number of hydrogen-bond acceptors (Lipinski definition) is 22. The van der Waals surface area contributed by atoms with Gasteiger partial charge in [-0.15, -0.1) is 25.3 Å². The molecule has 34 heteroatoms. The minimum atomic E-state index is -4.39. The van der Waals surface area contributed by atoms with Crippen LogP contribution in [0.25, 0.3) is 0 Å². The maximum absolute atomic E-state index is 14.3. The summed E-state index contributed by atoms with van der Waals surface area (Å²) >= 11 is 0. The van der Waals surface area contributed by atoms with Gasteiger partial charge in [-0.2, -0.15) is 22.6 Å². The van der Waals surface area contributed by atoms with Crippen molar-refractivity contribution in [2.24, 2.45) is 5.92 Å². The molecule has 1 aliphatic carbocycles. The Morgan fingerprint density at radius 1 is 0.670 bits per heavy atom. The lowest BCUT2D eigenvalue weighted by Gasteiger charge is -2.28. The van der Waals surface area contributed by atoms with Gasteiger partial charge < -0.3 is 44.6 Å². The number of urea groups is 1. The van der Waals surface area contributed by atoms with Crippen LogP contribution in [0.1, 0.15) is 153 Å². The maximum atomic E-state index is 14.3. The van der Waals surface area contributed by atoms with Crippen LogP contribution >= 0.6 is 0 Å². The summed E-state index contributed by atoms with van der Waals surface area (Å²) in [7, 11) is -14.8. The number of carboxylic acids is 3. The fourth-order valence-corrected chi connectivity index (χ4v) is 14.8. The number of carboxylic acid groups (broad SMARTS) is 3. The lowest BCUT2D eigenvalue weighted by molar-refractivity contribution is -0.438. The van der Waals surface area contributed by atoms with Gasteiger partial charge in [-0.25, -0.2) is 18.0 Å². The van der Waals surface area contributed by atoms with Gasteiger partial charge in [0.05, 0.1) is 33.2 Å². The van der Waals surface area contributed by atoms with Crippen LogP contribution in [-0.2, 0) is 103 Å². The predicted molar refractivity (Wildman–Crippen MR) is 394 cm³/mol. The van der Waals surface area contributed by atoms with Crippen molar-refractivity contribution in [1.29, 1.82) is 0 Å². The molecule has 0 unspecified atom stereocenters. The number of carbonyl (C=O) groups is 7. The number of nitrogens with zero attached hydrogens (tertiary/aromatic N) is 4. The van der Waals surface area contributed by atoms with Crippen molar-refractivity contribution in [3.8, 4) is 5.75 Å². The number of ketones is 2. The third-order valence-corrected chi connectivity index (χ3v) is 20.5. The van der Waals surface area contributed by atoms with E-state index >= 15 is 0 Å². The lowest BCUT2D eigenvalue weighted by Crippen LogP contribution is -2.44. The summed E-state index contributed by atoms with van der Waals surface area (Å²) in [6.07, 6.45) is 12.1. The smallest absolute Gasteiger partial charge is 0.425 e. The molecule has 1 fully saturated rings. The molecule has 3 atom stereocenters. The highest BCUT2D eigenvalue weighted by Gasteiger charge is 2.45. The van der Waals surface area contributed by atoms with Gasteiger partial charge in [0.25, 0.3) is 10.1 Å². The number of hydrogen-bond donors (Lipinski definition) is 5. The Morgan fingerprint density at radius 2 is 1.28 bits per heavy atom. The Balaban J connectivity index is 0.00000181. The Labute approximate surface area is 635 Å². The van der Waals surface area contributed by atoms with Crippen LogP contribution in [0.3, 0.4) is 0 Å². The fraction of sp³-hybridized carbons (Fsp3) is 0.453. The van der Waals surface area contributed by atoms with Gasteiger partial charge in [0.2, 0.25) is 11.6 Å². The maximum Gasteiger partial charge on any atom is 0.425 e. The van der Waals surface area contributed by atoms with Gasteiger partial charge in [-0.3, -0.25) is 28.5 Å². The summed E-state index contributed by atoms with van der Waals surface area (Å²) < 4.78 is 128. The van der Waals surface area contributed by atoms with E-state index in [9.17, 15) is 69.7 Å². The van der Waals surface area contributed by atoms with E-state index in [1.807, 2.05) is 42.5 Å². The number of Topliss-reactive ketones (excluding diaryl/α,β-unsaturated/α-hetero) is 2. The number of amides is 3. The highest BCUT2D eigenvalue weighted by molar-refractivity contribution is 7.85. The molecule has 109 heavy (non-hydrogen) atoms. The van der Waals surface area contributed by atoms with Crippen molar-refractivity contribution in [3.63, 3.8) is 0 Å². The normalized spacial score (nSPS) is 16.5. The molecule has 590 valence electrons. The molecule has 4 aromatic rings. The molecule has 3 aliphatic heterocycles. The van der Waals surface area contributed by atoms with Crippen LogP contribution in [-0.4, -0.2) is 190 Å². The van der Waals surface area contributed by atoms with E-state index in [0.29, 0.717) is 55.8 Å². The van der Waals surface area contributed by atoms with Crippen molar-refractivity contribution in [2.75, 3.05) is 49.1 Å². The van der Waals surface area contributed by atoms with Gasteiger partial charge in [0.15, 0.2) is 11.5 Å². The quantitative estimate of drug-likeness (QED) is 0.0161. The topological polar surface area (TPSA) is 462 Å². The van der Waals surface area contributed by atoms with E-state index in [2.05, 4.69) is 78.9 Å². The Bertz CT molecular complexity index is 4570. The SMILES string of the molecule is CC1(C)C(=CC=C2CCCC(C=CC3=[N+](CCCCS(=O)(=O)O)c4ccccc4C3(C)C)=C2Oc2ccc(C[C@H](CC(=O)[C@H](Cc3ccccc3)NC(=O)CCCCC(=O)CC[C@@H](C(=O)O)N3CCN(CCCC(=O)O)C3=O)C(=O)O)cc2)N(CCCCS(=O)(=O)[O-])c2ccccc21.O=C=O.O=S(=O)=O.O=S(=O)=O. The lowest BCUT2D eigenvalue weighted by atomic mass is 9.81. The fourth-order valence-electron chi connectivity index (χ4n) is 13.6. The van der Waals surface area contributed by atoms with Gasteiger partial charge in [-0.05, 0) is 149 Å². The molecule has 8 rings (SSSR count). The number of fused-ring (bicyclic) bond motifs is 2. The van der Waals surface area contributed by atoms with Crippen molar-refractivity contribution >= 4 is 106 Å². The minimum Gasteiger partial charge on any atom is -0.748 e. The number of rotatable bonds is 38. The van der Waals surface area contributed by atoms with E-state index in [0.717, 1.165) is 57.0 Å². The number of anilines is 1. The molecule has 4 aromatic carbocycles. The number of unbranched alkanes of at least 4 members (excludes halogenated alkanes) is 3. The standard InChI is InChI=1S/C74H91N5O17S2.CO2.2O3S/c1-73(2)58-25-9-11-27-61(58)77(42-14-16-46-97(90,91)92)65(73)39-33-53-22-18-23-54(34-40-66-74(3,4)59-26-10-12-28-62(59)78(66)43-15-17-47-98(93,94)95)69(53)96-57-36-31-52(32-37-57)48-55(70(85)86)50-64(81)60(49-51-20-6-5-7-21-51)75-67(82)29-13-8-24-56(80)35-38-63(71(87)88)79-45-44-76(72(79)89)41-19-30-68(83)84;2-1-3;2*1-4(2)3/h5-7,9-12,20-21,25-28,31-34,36-37,39-40,55,60,63H,8,13-19,22-24,29-30,35,38,41-50H2,1-4H3,(H5-,75,82,83,84,85,86,87,88,90,91,92,93,94,95);;;/t55-,60+,63+;;;/m1.../s1. The van der Waals surface area contributed by atoms with Crippen molar-refractivity contribution < 1.29 is 119 Å². The monoisotopic (exact) mass is 1590 g/mol. The van der Waals surface area contributed by atoms with E-state index in [1.54, 1.807) is 48.5 Å². The van der Waals surface area contributed by atoms with E-state index in [4.69, 9.17) is 44.7 Å². The number of nitrogens with one attached hydrogen (secondary N) is 1. The summed E-state index contributed by atoms with van der Waals surface area (Å²) in [5, 5.41) is 32.4. The molecule has 1 saturated heterocycles. The van der Waals surface area contributed by atoms with Crippen LogP contribution in [0, 0.1) is 5.92 Å². The molecule has 0 spiro atoms. The molecule has 4 aliphatic rings. The summed E-state index contributed by atoms with van der Waals surface area (Å²) in [4.78, 5) is 111. The summed E-state index contributed by atoms with van der Waals surface area (Å²) in [5.74, 6) is -5.59. The van der Waals surface area contributed by atoms with Gasteiger partial charge >= 0.3 is 51.3 Å². The van der Waals surface area contributed by atoms with Crippen molar-refractivity contribution in [1.82, 2.24) is 15.1 Å². The van der Waals surface area contributed by atoms with Crippen LogP contribution in [0.5, 0.6) is 5.75 Å². The second-order valence-electron chi connectivity index (χ2n) is 27.3. The number of para-hydroxylation sites is 2. The molecule has 0 bridgehead atoms. The summed E-state index contributed by atoms with van der Waals surface area (Å²) in [5.41, 5.74) is 8.36. The third kappa shape index (κ3) is 28.9. The number of ether oxygens (including phenoxy) is 1. The first-order valence-electron chi connectivity index (χ1n) is 35.1. The molecule has 3 amide bonds. The molecule has 30 nitrogen and oxygen atoms in total. The van der Waals surface area contributed by atoms with E-state index in [-0.39, 0.29) is 114 Å². The molecule has 0 saturated carbocycles. The number of benzene rings is 4. The summed E-state index contributed by atoms with van der Waals surface area (Å²) in [6.45, 7) is 10.1. The second-order valence-corrected chi connectivity index (χ2v) is 31.2. The van der Waals surface area contributed by atoms with Crippen LogP contribution in [0.2, 0.25) is 0 Å². The molecule has 0 radical (unpaired) electrons. The number of carbonyl (C=O) groups excluding carboxylic acids is 6. The van der Waals surface area contributed by atoms with E-state index < -0.39 is 118 Å². The van der Waals surface area contributed by atoms with Crippen molar-refractivity contribution in [3.05, 3.63) is 172 Å². The minimum absolute atomic E-state index is 0.0319. The molecule has 5 N–H and O–H groups in total. The second kappa shape index (κ2) is 42.7. The molecular weight excluding hydrogens is 1500 g/mol. The van der Waals surface area contributed by atoms with Crippen molar-refractivity contribution in [2.45, 2.75) is 166 Å². The first-order valence-corrected chi connectivity index (χ1v) is 40.3. The molecule has 0 aromatic heterocycles. The van der Waals surface area contributed by atoms with E-state index in [1.165, 1.54) is 9.80 Å². The summed E-state index contributed by atoms with van der Waals surface area (Å²) in [6, 6.07) is 29.4. The average Bonchev–Trinajstić information content (AvgIpc) is 1.60. The van der Waals surface area contributed by atoms with Gasteiger partial charge in [0.1, 0.15) is 29.9 Å². The molecule has 3 heterocycles. The largest absolute Gasteiger partial charge is 0.748 e. The Morgan fingerprint density at radius 3 is 1.90 bits per heavy atom. The zero-order valence-electron chi connectivity index (χ0n) is 60.8. The van der Waals surface area contributed by atoms with Crippen LogP contribution in [0.4, 0.5) is 16.2 Å². The average molecular weight is 1590 g/mol. The number of aliphatic carboxylic acids is 3. The van der Waals surface area contributed by atoms with Crippen LogP contribution in [0.15, 0.2) is 150 Å². The van der Waals surface area contributed by atoms with Gasteiger partial charge in [-0.1, -0.05) is 98.8 Å². The number of allylic oxidation sites excluding steroid dienone is 7. The zero-order chi connectivity index (χ0) is 80.8. The molecular formula is C75H91N5O25S4. The highest BCUT2D eigenvalue weighted by atomic mass is 32.2. The first kappa shape index (κ1) is 89.7. The van der Waals surface area contributed by atoms with Crippen LogP contribution < -0.4 is 15.0 Å². The predicted octanol–water partition coefficient (Wildman–Crippen LogP) is 8.04. The van der Waals surface area contributed by atoms with Gasteiger partial charge in [0, 0.05) is 105 Å². The zero-order valence-corrected chi connectivity index (χ0v) is 64.1. The third-order valence-electron chi connectivity index (χ3n) is 18.9. The highest BCUT2D eigenvalue weighted by Crippen LogP contribution is 2.48. The Kier molecular flexibility index (Phi) is 35.1. The first-order chi connectivity index (χ1) is 51.4. The Hall–Kier alpha value is -9.96.